The Bertz CT molecular complexity index is 188. The summed E-state index contributed by atoms with van der Waals surface area (Å²) in [5, 5.41) is 6.29. The zero-order chi connectivity index (χ0) is 11.1. The fraction of sp³-hybridized carbons (Fsp3) is 0.917. The van der Waals surface area contributed by atoms with Crippen LogP contribution in [0.4, 0.5) is 0 Å². The first kappa shape index (κ1) is 12.5. The first-order chi connectivity index (χ1) is 7.18. The fourth-order valence-corrected chi connectivity index (χ4v) is 1.50. The van der Waals surface area contributed by atoms with Gasteiger partial charge in [0.1, 0.15) is 0 Å². The molecule has 0 aromatic heterocycles. The predicted octanol–water partition coefficient (Wildman–Crippen LogP) is 1.68. The maximum Gasteiger partial charge on any atom is 0.221 e. The molecule has 0 aliphatic heterocycles. The van der Waals surface area contributed by atoms with E-state index >= 15 is 0 Å². The normalized spacial score (nSPS) is 15.7. The van der Waals surface area contributed by atoms with Crippen LogP contribution >= 0.6 is 0 Å². The molecular formula is C12H24N2O. The Labute approximate surface area is 93.0 Å². The Kier molecular flexibility index (Phi) is 5.69. The topological polar surface area (TPSA) is 41.1 Å². The number of nitrogens with one attached hydrogen (secondary N) is 2. The molecule has 1 aliphatic rings. The molecule has 1 amide bonds. The highest BCUT2D eigenvalue weighted by Gasteiger charge is 2.19. The lowest BCUT2D eigenvalue weighted by Crippen LogP contribution is -2.29. The van der Waals surface area contributed by atoms with E-state index in [9.17, 15) is 4.79 Å². The number of amides is 1. The summed E-state index contributed by atoms with van der Waals surface area (Å²) in [6.45, 7) is 6.09. The molecule has 0 unspecified atom stereocenters. The van der Waals surface area contributed by atoms with Crippen LogP contribution in [-0.2, 0) is 4.79 Å². The molecule has 0 bridgehead atoms. The van der Waals surface area contributed by atoms with E-state index in [1.165, 1.54) is 19.3 Å². The van der Waals surface area contributed by atoms with E-state index in [4.69, 9.17) is 0 Å². The first-order valence-electron chi connectivity index (χ1n) is 6.18. The van der Waals surface area contributed by atoms with Crippen molar-refractivity contribution in [2.24, 2.45) is 5.92 Å². The number of rotatable bonds is 8. The minimum absolute atomic E-state index is 0.187. The van der Waals surface area contributed by atoms with Gasteiger partial charge in [-0.05, 0) is 31.6 Å². The van der Waals surface area contributed by atoms with Crippen LogP contribution in [0.5, 0.6) is 0 Å². The average Bonchev–Trinajstić information content (AvgIpc) is 2.96. The van der Waals surface area contributed by atoms with Gasteiger partial charge in [-0.3, -0.25) is 4.79 Å². The van der Waals surface area contributed by atoms with Crippen molar-refractivity contribution in [3.63, 3.8) is 0 Å². The lowest BCUT2D eigenvalue weighted by Gasteiger charge is -2.07. The highest BCUT2D eigenvalue weighted by Crippen LogP contribution is 2.18. The van der Waals surface area contributed by atoms with Crippen LogP contribution in [0.2, 0.25) is 0 Å². The molecule has 2 N–H and O–H groups in total. The molecule has 1 rings (SSSR count). The third-order valence-electron chi connectivity index (χ3n) is 2.64. The average molecular weight is 212 g/mol. The zero-order valence-electron chi connectivity index (χ0n) is 10.0. The van der Waals surface area contributed by atoms with Gasteiger partial charge in [0.15, 0.2) is 0 Å². The van der Waals surface area contributed by atoms with Crippen LogP contribution in [0, 0.1) is 5.92 Å². The summed E-state index contributed by atoms with van der Waals surface area (Å²) in [4.78, 5) is 11.3. The second kappa shape index (κ2) is 6.83. The lowest BCUT2D eigenvalue weighted by atomic mass is 10.1. The van der Waals surface area contributed by atoms with E-state index in [2.05, 4.69) is 24.5 Å². The van der Waals surface area contributed by atoms with Crippen molar-refractivity contribution in [2.75, 3.05) is 13.1 Å². The minimum atomic E-state index is 0.187. The highest BCUT2D eigenvalue weighted by molar-refractivity contribution is 5.75. The number of carbonyl (C=O) groups is 1. The van der Waals surface area contributed by atoms with Crippen molar-refractivity contribution in [1.29, 1.82) is 0 Å². The van der Waals surface area contributed by atoms with E-state index in [1.807, 2.05) is 0 Å². The maximum atomic E-state index is 11.3. The van der Waals surface area contributed by atoms with E-state index in [0.717, 1.165) is 25.4 Å². The quantitative estimate of drug-likeness (QED) is 0.601. The molecule has 15 heavy (non-hydrogen) atoms. The number of carbonyl (C=O) groups excluding carboxylic acids is 1. The molecule has 1 aliphatic carbocycles. The van der Waals surface area contributed by atoms with Gasteiger partial charge in [-0.15, -0.1) is 0 Å². The molecule has 0 radical (unpaired) electrons. The molecule has 0 aromatic carbocycles. The smallest absolute Gasteiger partial charge is 0.221 e. The minimum Gasteiger partial charge on any atom is -0.356 e. The summed E-state index contributed by atoms with van der Waals surface area (Å²) in [6.07, 6.45) is 5.49. The molecule has 0 aromatic rings. The van der Waals surface area contributed by atoms with Gasteiger partial charge in [-0.2, -0.15) is 0 Å². The van der Waals surface area contributed by atoms with Crippen molar-refractivity contribution in [3.05, 3.63) is 0 Å². The SMILES string of the molecule is CC(C)CCCNC(=O)CCNC1CC1. The summed E-state index contributed by atoms with van der Waals surface area (Å²) in [5.41, 5.74) is 0. The largest absolute Gasteiger partial charge is 0.356 e. The number of hydrogen-bond acceptors (Lipinski definition) is 2. The molecule has 3 nitrogen and oxygen atoms in total. The van der Waals surface area contributed by atoms with Crippen LogP contribution in [-0.4, -0.2) is 25.0 Å². The van der Waals surface area contributed by atoms with Gasteiger partial charge in [0.2, 0.25) is 5.91 Å². The van der Waals surface area contributed by atoms with Gasteiger partial charge in [0.05, 0.1) is 0 Å². The Hall–Kier alpha value is -0.570. The van der Waals surface area contributed by atoms with Crippen molar-refractivity contribution < 1.29 is 4.79 Å². The Morgan fingerprint density at radius 1 is 1.33 bits per heavy atom. The first-order valence-corrected chi connectivity index (χ1v) is 6.18. The molecule has 88 valence electrons. The maximum absolute atomic E-state index is 11.3. The van der Waals surface area contributed by atoms with E-state index < -0.39 is 0 Å². The van der Waals surface area contributed by atoms with Gasteiger partial charge in [0, 0.05) is 25.6 Å². The monoisotopic (exact) mass is 212 g/mol. The standard InChI is InChI=1S/C12H24N2O/c1-10(2)4-3-8-14-12(15)7-9-13-11-5-6-11/h10-11,13H,3-9H2,1-2H3,(H,14,15). The van der Waals surface area contributed by atoms with Gasteiger partial charge in [-0.1, -0.05) is 13.8 Å². The Morgan fingerprint density at radius 2 is 2.07 bits per heavy atom. The van der Waals surface area contributed by atoms with Crippen LogP contribution < -0.4 is 10.6 Å². The summed E-state index contributed by atoms with van der Waals surface area (Å²) in [7, 11) is 0. The summed E-state index contributed by atoms with van der Waals surface area (Å²) < 4.78 is 0. The second-order valence-electron chi connectivity index (χ2n) is 4.86. The molecule has 0 spiro atoms. The zero-order valence-corrected chi connectivity index (χ0v) is 10.0. The lowest BCUT2D eigenvalue weighted by molar-refractivity contribution is -0.121. The van der Waals surface area contributed by atoms with Crippen molar-refractivity contribution >= 4 is 5.91 Å². The van der Waals surface area contributed by atoms with Crippen LogP contribution in [0.25, 0.3) is 0 Å². The third-order valence-corrected chi connectivity index (χ3v) is 2.64. The second-order valence-corrected chi connectivity index (χ2v) is 4.86. The van der Waals surface area contributed by atoms with Gasteiger partial charge in [-0.25, -0.2) is 0 Å². The Balaban J connectivity index is 1.84. The summed E-state index contributed by atoms with van der Waals surface area (Å²) >= 11 is 0. The van der Waals surface area contributed by atoms with Crippen molar-refractivity contribution in [1.82, 2.24) is 10.6 Å². The fourth-order valence-electron chi connectivity index (χ4n) is 1.50. The molecular weight excluding hydrogens is 188 g/mol. The van der Waals surface area contributed by atoms with E-state index in [1.54, 1.807) is 0 Å². The van der Waals surface area contributed by atoms with E-state index in [-0.39, 0.29) is 5.91 Å². The van der Waals surface area contributed by atoms with Crippen LogP contribution in [0.1, 0.15) is 46.0 Å². The number of hydrogen-bond donors (Lipinski definition) is 2. The van der Waals surface area contributed by atoms with Crippen molar-refractivity contribution in [2.45, 2.75) is 52.0 Å². The van der Waals surface area contributed by atoms with Gasteiger partial charge < -0.3 is 10.6 Å². The van der Waals surface area contributed by atoms with Crippen LogP contribution in [0.15, 0.2) is 0 Å². The molecule has 1 saturated carbocycles. The summed E-state index contributed by atoms with van der Waals surface area (Å²) in [6, 6.07) is 0.707. The third kappa shape index (κ3) is 7.37. The molecule has 0 saturated heterocycles. The Morgan fingerprint density at radius 3 is 2.67 bits per heavy atom. The highest BCUT2D eigenvalue weighted by atomic mass is 16.1. The predicted molar refractivity (Wildman–Crippen MR) is 62.7 cm³/mol. The summed E-state index contributed by atoms with van der Waals surface area (Å²) in [5.74, 6) is 0.922. The van der Waals surface area contributed by atoms with Crippen molar-refractivity contribution in [3.8, 4) is 0 Å². The molecule has 1 fully saturated rings. The molecule has 3 heteroatoms. The molecule has 0 heterocycles. The van der Waals surface area contributed by atoms with Gasteiger partial charge >= 0.3 is 0 Å². The molecule has 0 atom stereocenters. The van der Waals surface area contributed by atoms with E-state index in [0.29, 0.717) is 12.5 Å². The van der Waals surface area contributed by atoms with Crippen LogP contribution in [0.3, 0.4) is 0 Å². The van der Waals surface area contributed by atoms with Gasteiger partial charge in [0.25, 0.3) is 0 Å².